The molecular formula is C23H26N2O4S. The molecule has 7 heteroatoms. The molecule has 0 spiro atoms. The zero-order chi connectivity index (χ0) is 21.9. The van der Waals surface area contributed by atoms with Crippen molar-refractivity contribution in [3.63, 3.8) is 0 Å². The number of nitrogens with two attached hydrogens (primary N) is 1. The number of hydrogen-bond acceptors (Lipinski definition) is 6. The number of carbonyl (C=O) groups is 1. The smallest absolute Gasteiger partial charge is 0.316 e. The predicted molar refractivity (Wildman–Crippen MR) is 120 cm³/mol. The number of thiophene rings is 1. The molecule has 30 heavy (non-hydrogen) atoms. The van der Waals surface area contributed by atoms with Gasteiger partial charge in [0.25, 0.3) is 0 Å². The molecule has 0 aliphatic carbocycles. The van der Waals surface area contributed by atoms with Crippen LogP contribution in [0.4, 0.5) is 0 Å². The van der Waals surface area contributed by atoms with E-state index in [-0.39, 0.29) is 11.8 Å². The van der Waals surface area contributed by atoms with Crippen molar-refractivity contribution in [2.24, 2.45) is 5.73 Å². The van der Waals surface area contributed by atoms with Crippen LogP contribution in [0.25, 0.3) is 10.1 Å². The minimum atomic E-state index is -0.875. The topological polar surface area (TPSA) is 94.6 Å². The first-order chi connectivity index (χ1) is 14.3. The number of nitrogen functional groups attached to an aromatic ring is 1. The Morgan fingerprint density at radius 2 is 1.73 bits per heavy atom. The van der Waals surface area contributed by atoms with Gasteiger partial charge >= 0.3 is 5.97 Å². The SMILES string of the molecule is CCOC(=O)C(C)(Cc1cc2cc(OC)c(OC)cc2s1)c1ccc(C(=N)N)cc1. The maximum atomic E-state index is 13.0. The molecular weight excluding hydrogens is 400 g/mol. The third-order valence-electron chi connectivity index (χ3n) is 5.16. The van der Waals surface area contributed by atoms with Crippen LogP contribution < -0.4 is 15.2 Å². The Hall–Kier alpha value is -3.06. The molecule has 1 heterocycles. The fraction of sp³-hybridized carbons (Fsp3) is 0.304. The number of hydrogen-bond donors (Lipinski definition) is 2. The Labute approximate surface area is 180 Å². The van der Waals surface area contributed by atoms with Crippen LogP contribution in [0.3, 0.4) is 0 Å². The Bertz CT molecular complexity index is 1030. The lowest BCUT2D eigenvalue weighted by Crippen LogP contribution is -2.36. The summed E-state index contributed by atoms with van der Waals surface area (Å²) >= 11 is 1.61. The van der Waals surface area contributed by atoms with Crippen molar-refractivity contribution in [1.82, 2.24) is 0 Å². The van der Waals surface area contributed by atoms with Gasteiger partial charge in [-0.1, -0.05) is 24.3 Å². The van der Waals surface area contributed by atoms with Crippen molar-refractivity contribution < 1.29 is 19.0 Å². The standard InChI is InChI=1S/C23H26N2O4S/c1-5-29-22(26)23(2,16-8-6-14(7-9-16)21(24)25)13-17-10-15-11-18(27-3)19(28-4)12-20(15)30-17/h6-12H,5,13H2,1-4H3,(H3,24,25). The van der Waals surface area contributed by atoms with Crippen molar-refractivity contribution >= 4 is 33.2 Å². The van der Waals surface area contributed by atoms with Crippen molar-refractivity contribution in [1.29, 1.82) is 5.41 Å². The van der Waals surface area contributed by atoms with E-state index in [4.69, 9.17) is 25.4 Å². The van der Waals surface area contributed by atoms with Gasteiger partial charge in [0.2, 0.25) is 0 Å². The fourth-order valence-electron chi connectivity index (χ4n) is 3.46. The number of amidine groups is 1. The van der Waals surface area contributed by atoms with Gasteiger partial charge in [0, 0.05) is 27.6 Å². The van der Waals surface area contributed by atoms with E-state index in [9.17, 15) is 4.79 Å². The van der Waals surface area contributed by atoms with Gasteiger partial charge in [-0.2, -0.15) is 0 Å². The van der Waals surface area contributed by atoms with Crippen molar-refractivity contribution in [2.75, 3.05) is 20.8 Å². The van der Waals surface area contributed by atoms with Crippen LogP contribution in [0.15, 0.2) is 42.5 Å². The molecule has 1 atom stereocenters. The highest BCUT2D eigenvalue weighted by atomic mass is 32.1. The second kappa shape index (κ2) is 8.75. The number of ether oxygens (including phenoxy) is 3. The molecule has 6 nitrogen and oxygen atoms in total. The molecule has 0 fully saturated rings. The van der Waals surface area contributed by atoms with E-state index in [1.165, 1.54) is 0 Å². The van der Waals surface area contributed by atoms with Gasteiger partial charge in [0.05, 0.1) is 26.2 Å². The second-order valence-electron chi connectivity index (χ2n) is 7.18. The quantitative estimate of drug-likeness (QED) is 0.319. The molecule has 0 radical (unpaired) electrons. The number of carbonyl (C=O) groups excluding carboxylic acids is 1. The summed E-state index contributed by atoms with van der Waals surface area (Å²) in [7, 11) is 3.22. The van der Waals surface area contributed by atoms with E-state index < -0.39 is 5.41 Å². The Kier molecular flexibility index (Phi) is 6.31. The Morgan fingerprint density at radius 3 is 2.30 bits per heavy atom. The van der Waals surface area contributed by atoms with E-state index in [1.807, 2.05) is 31.2 Å². The summed E-state index contributed by atoms with van der Waals surface area (Å²) in [6, 6.07) is 13.2. The van der Waals surface area contributed by atoms with E-state index >= 15 is 0 Å². The third-order valence-corrected chi connectivity index (χ3v) is 6.26. The molecule has 0 aliphatic rings. The maximum absolute atomic E-state index is 13.0. The lowest BCUT2D eigenvalue weighted by Gasteiger charge is -2.27. The largest absolute Gasteiger partial charge is 0.493 e. The highest BCUT2D eigenvalue weighted by molar-refractivity contribution is 7.19. The molecule has 1 aromatic heterocycles. The van der Waals surface area contributed by atoms with Crippen molar-refractivity contribution in [3.05, 3.63) is 58.5 Å². The average Bonchev–Trinajstić information content (AvgIpc) is 3.13. The lowest BCUT2D eigenvalue weighted by atomic mass is 9.78. The first kappa shape index (κ1) is 21.6. The van der Waals surface area contributed by atoms with Gasteiger partial charge in [-0.05, 0) is 36.9 Å². The zero-order valence-corrected chi connectivity index (χ0v) is 18.4. The number of nitrogens with one attached hydrogen (secondary N) is 1. The highest BCUT2D eigenvalue weighted by Gasteiger charge is 2.37. The molecule has 1 unspecified atom stereocenters. The van der Waals surface area contributed by atoms with Crippen LogP contribution in [-0.4, -0.2) is 32.6 Å². The predicted octanol–water partition coefficient (Wildman–Crippen LogP) is 4.27. The van der Waals surface area contributed by atoms with Crippen LogP contribution in [0.5, 0.6) is 11.5 Å². The summed E-state index contributed by atoms with van der Waals surface area (Å²) in [6.45, 7) is 4.00. The lowest BCUT2D eigenvalue weighted by molar-refractivity contribution is -0.149. The normalized spacial score (nSPS) is 12.9. The van der Waals surface area contributed by atoms with Crippen LogP contribution in [0.1, 0.15) is 29.9 Å². The summed E-state index contributed by atoms with van der Waals surface area (Å²) in [5.74, 6) is 1.05. The summed E-state index contributed by atoms with van der Waals surface area (Å²) in [6.07, 6.45) is 0.481. The van der Waals surface area contributed by atoms with Gasteiger partial charge in [-0.25, -0.2) is 0 Å². The van der Waals surface area contributed by atoms with Crippen molar-refractivity contribution in [2.45, 2.75) is 25.7 Å². The van der Waals surface area contributed by atoms with E-state index in [0.717, 1.165) is 20.5 Å². The number of fused-ring (bicyclic) bond motifs is 1. The van der Waals surface area contributed by atoms with Crippen LogP contribution in [0, 0.1) is 5.41 Å². The molecule has 158 valence electrons. The number of esters is 1. The third kappa shape index (κ3) is 4.11. The fourth-order valence-corrected chi connectivity index (χ4v) is 4.69. The van der Waals surface area contributed by atoms with Crippen LogP contribution in [0.2, 0.25) is 0 Å². The van der Waals surface area contributed by atoms with Gasteiger partial charge < -0.3 is 19.9 Å². The van der Waals surface area contributed by atoms with Crippen LogP contribution >= 0.6 is 11.3 Å². The van der Waals surface area contributed by atoms with Gasteiger partial charge in [-0.15, -0.1) is 11.3 Å². The monoisotopic (exact) mass is 426 g/mol. The van der Waals surface area contributed by atoms with Gasteiger partial charge in [0.1, 0.15) is 5.84 Å². The van der Waals surface area contributed by atoms with Crippen LogP contribution in [-0.2, 0) is 21.4 Å². The van der Waals surface area contributed by atoms with E-state index in [0.29, 0.717) is 30.1 Å². The zero-order valence-electron chi connectivity index (χ0n) is 17.6. The Balaban J connectivity index is 2.02. The molecule has 3 rings (SSSR count). The number of methoxy groups -OCH3 is 2. The summed E-state index contributed by atoms with van der Waals surface area (Å²) < 4.78 is 17.3. The minimum Gasteiger partial charge on any atom is -0.493 e. The maximum Gasteiger partial charge on any atom is 0.316 e. The molecule has 0 saturated carbocycles. The number of benzene rings is 2. The molecule has 3 aromatic rings. The summed E-state index contributed by atoms with van der Waals surface area (Å²) in [4.78, 5) is 14.0. The molecule has 0 saturated heterocycles. The molecule has 3 N–H and O–H groups in total. The van der Waals surface area contributed by atoms with Gasteiger partial charge in [-0.3, -0.25) is 10.2 Å². The first-order valence-corrected chi connectivity index (χ1v) is 10.4. The van der Waals surface area contributed by atoms with Gasteiger partial charge in [0.15, 0.2) is 11.5 Å². The molecule has 0 aliphatic heterocycles. The van der Waals surface area contributed by atoms with E-state index in [1.54, 1.807) is 44.6 Å². The average molecular weight is 427 g/mol. The molecule has 2 aromatic carbocycles. The summed E-state index contributed by atoms with van der Waals surface area (Å²) in [5.41, 5.74) is 6.13. The number of rotatable bonds is 8. The molecule has 0 bridgehead atoms. The minimum absolute atomic E-state index is 0.00760. The van der Waals surface area contributed by atoms with Crippen molar-refractivity contribution in [3.8, 4) is 11.5 Å². The van der Waals surface area contributed by atoms with E-state index in [2.05, 4.69) is 6.07 Å². The molecule has 0 amide bonds. The first-order valence-electron chi connectivity index (χ1n) is 9.59. The summed E-state index contributed by atoms with van der Waals surface area (Å²) in [5, 5.41) is 8.62. The highest BCUT2D eigenvalue weighted by Crippen LogP contribution is 2.39. The second-order valence-corrected chi connectivity index (χ2v) is 8.35. The Morgan fingerprint density at radius 1 is 1.10 bits per heavy atom.